The Morgan fingerprint density at radius 3 is 2.37 bits per heavy atom. The molecule has 0 amide bonds. The van der Waals surface area contributed by atoms with Crippen LogP contribution in [0.4, 0.5) is 0 Å². The summed E-state index contributed by atoms with van der Waals surface area (Å²) in [6.07, 6.45) is 10.6. The summed E-state index contributed by atoms with van der Waals surface area (Å²) in [5.41, 5.74) is 0.754. The fourth-order valence-electron chi connectivity index (χ4n) is 9.28. The smallest absolute Gasteiger partial charge is 0.331 e. The molecule has 0 bridgehead atoms. The van der Waals surface area contributed by atoms with Crippen LogP contribution in [-0.2, 0) is 9.59 Å². The van der Waals surface area contributed by atoms with Crippen molar-refractivity contribution < 1.29 is 24.9 Å². The third kappa shape index (κ3) is 3.70. The van der Waals surface area contributed by atoms with Gasteiger partial charge in [-0.2, -0.15) is 0 Å². The van der Waals surface area contributed by atoms with Gasteiger partial charge in [0.1, 0.15) is 5.78 Å². The summed E-state index contributed by atoms with van der Waals surface area (Å²) in [5, 5.41) is 30.1. The maximum absolute atomic E-state index is 13.0. The Bertz CT molecular complexity index is 962. The summed E-state index contributed by atoms with van der Waals surface area (Å²) in [6, 6.07) is 0. The molecule has 4 rings (SSSR count). The second-order valence-electron chi connectivity index (χ2n) is 13.9. The number of aliphatic hydroxyl groups is 2. The van der Waals surface area contributed by atoms with Crippen LogP contribution in [0.2, 0.25) is 0 Å². The second-order valence-corrected chi connectivity index (χ2v) is 13.9. The van der Waals surface area contributed by atoms with Crippen molar-refractivity contribution in [3.8, 4) is 0 Å². The van der Waals surface area contributed by atoms with Crippen LogP contribution < -0.4 is 0 Å². The van der Waals surface area contributed by atoms with E-state index in [1.54, 1.807) is 0 Å². The summed E-state index contributed by atoms with van der Waals surface area (Å²) < 4.78 is 0. The first kappa shape index (κ1) is 26.6. The molecule has 0 aromatic heterocycles. The number of fused-ring (bicyclic) bond motifs is 5. The fraction of sp³-hybridized carbons (Fsp3) is 0.800. The molecule has 0 unspecified atom stereocenters. The molecular formula is C30H46O5. The van der Waals surface area contributed by atoms with Gasteiger partial charge in [-0.3, -0.25) is 4.79 Å². The summed E-state index contributed by atoms with van der Waals surface area (Å²) in [6.45, 7) is 13.4. The number of rotatable bonds is 6. The van der Waals surface area contributed by atoms with E-state index < -0.39 is 11.4 Å². The largest absolute Gasteiger partial charge is 0.478 e. The zero-order chi connectivity index (χ0) is 26.0. The van der Waals surface area contributed by atoms with Crippen molar-refractivity contribution in [3.05, 3.63) is 23.3 Å². The Labute approximate surface area is 211 Å². The third-order valence-electron chi connectivity index (χ3n) is 11.7. The molecule has 0 aliphatic heterocycles. The van der Waals surface area contributed by atoms with Crippen molar-refractivity contribution in [2.75, 3.05) is 13.2 Å². The van der Waals surface area contributed by atoms with Crippen LogP contribution in [-0.4, -0.2) is 40.3 Å². The maximum atomic E-state index is 13.0. The molecule has 4 aliphatic rings. The highest BCUT2D eigenvalue weighted by molar-refractivity contribution is 5.88. The summed E-state index contributed by atoms with van der Waals surface area (Å²) in [5.74, 6) is -0.211. The molecule has 5 nitrogen and oxygen atoms in total. The van der Waals surface area contributed by atoms with E-state index in [1.165, 1.54) is 5.57 Å². The predicted molar refractivity (Wildman–Crippen MR) is 137 cm³/mol. The lowest BCUT2D eigenvalue weighted by Gasteiger charge is -2.68. The van der Waals surface area contributed by atoms with Gasteiger partial charge in [-0.1, -0.05) is 59.3 Å². The van der Waals surface area contributed by atoms with Gasteiger partial charge in [0.25, 0.3) is 0 Å². The Balaban J connectivity index is 1.79. The van der Waals surface area contributed by atoms with E-state index >= 15 is 0 Å². The number of hydrogen-bond acceptors (Lipinski definition) is 4. The highest BCUT2D eigenvalue weighted by Crippen LogP contribution is 2.73. The van der Waals surface area contributed by atoms with Gasteiger partial charge in [-0.15, -0.1) is 0 Å². The van der Waals surface area contributed by atoms with E-state index in [9.17, 15) is 24.9 Å². The molecule has 2 fully saturated rings. The SMILES string of the molecule is CC(C)(CCO)C[C@@H]1C(C(=O)O)=CC[C@]2(C)C1=CC[C@@H]1[C@@]3(C)CCC(=O)[C@@](C)(CO)[C@@H]3CC[C@]12C. The highest BCUT2D eigenvalue weighted by Gasteiger charge is 2.67. The third-order valence-corrected chi connectivity index (χ3v) is 11.7. The van der Waals surface area contributed by atoms with E-state index in [1.807, 2.05) is 13.0 Å². The molecule has 3 N–H and O–H groups in total. The van der Waals surface area contributed by atoms with Crippen molar-refractivity contribution >= 4 is 11.8 Å². The Hall–Kier alpha value is -1.46. The molecule has 0 aromatic rings. The molecule has 0 radical (unpaired) electrons. The summed E-state index contributed by atoms with van der Waals surface area (Å²) >= 11 is 0. The average molecular weight is 487 g/mol. The molecular weight excluding hydrogens is 440 g/mol. The minimum Gasteiger partial charge on any atom is -0.478 e. The highest BCUT2D eigenvalue weighted by atomic mass is 16.4. The van der Waals surface area contributed by atoms with Crippen LogP contribution in [0.25, 0.3) is 0 Å². The number of carbonyl (C=O) groups is 2. The molecule has 2 saturated carbocycles. The van der Waals surface area contributed by atoms with Gasteiger partial charge in [0.05, 0.1) is 12.0 Å². The van der Waals surface area contributed by atoms with Crippen molar-refractivity contribution in [2.45, 2.75) is 92.9 Å². The summed E-state index contributed by atoms with van der Waals surface area (Å²) in [4.78, 5) is 25.3. The van der Waals surface area contributed by atoms with E-state index in [-0.39, 0.29) is 52.5 Å². The lowest BCUT2D eigenvalue weighted by atomic mass is 9.35. The number of Topliss-reactive ketones (excluding diaryl/α,β-unsaturated/α-hetero) is 1. The van der Waals surface area contributed by atoms with Crippen LogP contribution in [0.15, 0.2) is 23.3 Å². The van der Waals surface area contributed by atoms with Gasteiger partial charge in [-0.05, 0) is 78.4 Å². The molecule has 5 heteroatoms. The van der Waals surface area contributed by atoms with E-state index in [0.29, 0.717) is 30.8 Å². The lowest BCUT2D eigenvalue weighted by Crippen LogP contribution is -2.63. The van der Waals surface area contributed by atoms with E-state index in [2.05, 4.69) is 40.7 Å². The van der Waals surface area contributed by atoms with Gasteiger partial charge in [0.15, 0.2) is 0 Å². The Morgan fingerprint density at radius 1 is 1.09 bits per heavy atom. The Kier molecular flexibility index (Phi) is 6.50. The predicted octanol–water partition coefficient (Wildman–Crippen LogP) is 5.55. The van der Waals surface area contributed by atoms with Gasteiger partial charge < -0.3 is 15.3 Å². The number of hydrogen-bond donors (Lipinski definition) is 3. The first-order valence-corrected chi connectivity index (χ1v) is 13.6. The van der Waals surface area contributed by atoms with Crippen LogP contribution in [0.3, 0.4) is 0 Å². The maximum Gasteiger partial charge on any atom is 0.331 e. The second kappa shape index (κ2) is 8.55. The fourth-order valence-corrected chi connectivity index (χ4v) is 9.28. The molecule has 0 spiro atoms. The van der Waals surface area contributed by atoms with E-state index in [0.717, 1.165) is 32.1 Å². The van der Waals surface area contributed by atoms with Gasteiger partial charge in [-0.25, -0.2) is 4.79 Å². The molecule has 7 atom stereocenters. The first-order chi connectivity index (χ1) is 16.2. The standard InChI is InChI=1S/C30H46O5/c1-26(2,15-16-31)17-20-19(25(34)35)9-13-29(5)21(20)7-8-23-27(3)12-11-24(33)28(4,18-32)22(27)10-14-30(23,29)6/h7,9,20,22-23,31-32H,8,10-18H2,1-6H3,(H,34,35)/t20-,22-,23-,27+,28+,29-,30-/m1/s1. The first-order valence-electron chi connectivity index (χ1n) is 13.6. The van der Waals surface area contributed by atoms with Crippen molar-refractivity contribution in [1.29, 1.82) is 0 Å². The monoisotopic (exact) mass is 486 g/mol. The number of aliphatic carboxylic acids is 1. The van der Waals surface area contributed by atoms with Crippen LogP contribution in [0.5, 0.6) is 0 Å². The molecule has 0 saturated heterocycles. The Morgan fingerprint density at radius 2 is 1.77 bits per heavy atom. The number of carboxylic acid groups (broad SMARTS) is 1. The van der Waals surface area contributed by atoms with Crippen LogP contribution >= 0.6 is 0 Å². The van der Waals surface area contributed by atoms with Crippen molar-refractivity contribution in [1.82, 2.24) is 0 Å². The normalized spacial score (nSPS) is 43.4. The van der Waals surface area contributed by atoms with E-state index in [4.69, 9.17) is 0 Å². The topological polar surface area (TPSA) is 94.8 Å². The van der Waals surface area contributed by atoms with Gasteiger partial charge in [0, 0.05) is 24.5 Å². The molecule has 0 heterocycles. The van der Waals surface area contributed by atoms with Crippen LogP contribution in [0, 0.1) is 44.8 Å². The van der Waals surface area contributed by atoms with Crippen LogP contribution in [0.1, 0.15) is 92.9 Å². The average Bonchev–Trinajstić information content (AvgIpc) is 2.76. The molecule has 196 valence electrons. The number of ketones is 1. The zero-order valence-electron chi connectivity index (χ0n) is 22.6. The zero-order valence-corrected chi connectivity index (χ0v) is 22.6. The lowest BCUT2D eigenvalue weighted by molar-refractivity contribution is -0.184. The molecule has 0 aromatic carbocycles. The quantitative estimate of drug-likeness (QED) is 0.428. The molecule has 4 aliphatic carbocycles. The van der Waals surface area contributed by atoms with Gasteiger partial charge >= 0.3 is 5.97 Å². The minimum atomic E-state index is -0.829. The molecule has 35 heavy (non-hydrogen) atoms. The number of carboxylic acids is 1. The summed E-state index contributed by atoms with van der Waals surface area (Å²) in [7, 11) is 0. The number of aliphatic hydroxyl groups excluding tert-OH is 2. The number of carbonyl (C=O) groups excluding carboxylic acids is 1. The minimum absolute atomic E-state index is 0.0149. The van der Waals surface area contributed by atoms with Crippen molar-refractivity contribution in [3.63, 3.8) is 0 Å². The number of allylic oxidation sites excluding steroid dienone is 3. The van der Waals surface area contributed by atoms with Gasteiger partial charge in [0.2, 0.25) is 0 Å². The van der Waals surface area contributed by atoms with Crippen molar-refractivity contribution in [2.24, 2.45) is 44.8 Å².